The van der Waals surface area contributed by atoms with Crippen LogP contribution in [0.5, 0.6) is 0 Å². The van der Waals surface area contributed by atoms with Gasteiger partial charge in [0.2, 0.25) is 0 Å². The summed E-state index contributed by atoms with van der Waals surface area (Å²) in [6.07, 6.45) is 0. The van der Waals surface area contributed by atoms with Crippen LogP contribution in [0.3, 0.4) is 0 Å². The van der Waals surface area contributed by atoms with Gasteiger partial charge in [-0.3, -0.25) is 0 Å². The molecule has 0 saturated heterocycles. The van der Waals surface area contributed by atoms with Crippen LogP contribution in [-0.2, 0) is 26.2 Å². The second-order valence-corrected chi connectivity index (χ2v) is 11.1. The topological polar surface area (TPSA) is 23.8 Å². The minimum Gasteiger partial charge on any atom is -1.00 e. The van der Waals surface area contributed by atoms with Crippen molar-refractivity contribution < 1.29 is 51.0 Å². The van der Waals surface area contributed by atoms with E-state index in [1.807, 2.05) is 44.2 Å². The molecule has 0 aromatic heterocycles. The van der Waals surface area contributed by atoms with E-state index in [1.165, 1.54) is 9.76 Å². The molecule has 16 heavy (non-hydrogen) atoms. The minimum absolute atomic E-state index is 0. The molecule has 1 nitrogen and oxygen atoms in total. The van der Waals surface area contributed by atoms with Gasteiger partial charge in [0.05, 0.1) is 0 Å². The predicted molar refractivity (Wildman–Crippen MR) is 68.1 cm³/mol. The molecule has 1 aromatic carbocycles. The van der Waals surface area contributed by atoms with Crippen LogP contribution in [0.15, 0.2) is 30.3 Å². The molecule has 1 N–H and O–H groups in total. The van der Waals surface area contributed by atoms with E-state index in [4.69, 9.17) is 5.73 Å². The normalized spacial score (nSPS) is 9.88. The summed E-state index contributed by atoms with van der Waals surface area (Å²) in [5.41, 5.74) is 9.37. The fourth-order valence-electron chi connectivity index (χ4n) is 1.04. The number of halogens is 2. The standard InChI is InChI=1S/C5H14NSi2.C5H5.2ClH.Zr/c1-5(2,6)4-8(3)7;1-2-4-5-3-1;;;/h4,6H,1-3,7H3;1-5H;2*1H;/q2*-1;;;+4/p-2. The summed E-state index contributed by atoms with van der Waals surface area (Å²) in [5, 5.41) is 0. The summed E-state index contributed by atoms with van der Waals surface area (Å²) in [5.74, 6) is 0. The van der Waals surface area contributed by atoms with Crippen molar-refractivity contribution in [1.29, 1.82) is 0 Å². The van der Waals surface area contributed by atoms with Gasteiger partial charge >= 0.3 is 26.2 Å². The van der Waals surface area contributed by atoms with Crippen molar-refractivity contribution in [2.75, 3.05) is 0 Å². The Kier molecular flexibility index (Phi) is 22.8. The number of hydrogen-bond acceptors (Lipinski definition) is 0. The smallest absolute Gasteiger partial charge is 1.00 e. The summed E-state index contributed by atoms with van der Waals surface area (Å²) >= 11 is 0. The molecular weight excluding hydrogens is 352 g/mol. The van der Waals surface area contributed by atoms with Gasteiger partial charge in [0, 0.05) is 9.76 Å². The third-order valence-corrected chi connectivity index (χ3v) is 3.37. The van der Waals surface area contributed by atoms with Crippen LogP contribution >= 0.6 is 0 Å². The van der Waals surface area contributed by atoms with Gasteiger partial charge in [-0.1, -0.05) is 20.4 Å². The molecule has 0 aliphatic rings. The first-order valence-electron chi connectivity index (χ1n) is 4.49. The second-order valence-electron chi connectivity index (χ2n) is 3.91. The van der Waals surface area contributed by atoms with Crippen LogP contribution in [0.4, 0.5) is 0 Å². The molecule has 0 saturated carbocycles. The number of nitrogens with one attached hydrogen (secondary N) is 1. The van der Waals surface area contributed by atoms with Crippen molar-refractivity contribution in [3.63, 3.8) is 0 Å². The first-order chi connectivity index (χ1) is 5.92. The van der Waals surface area contributed by atoms with Crippen molar-refractivity contribution in [2.24, 2.45) is 0 Å². The van der Waals surface area contributed by atoms with E-state index < -0.39 is 0 Å². The fourth-order valence-corrected chi connectivity index (χ4v) is 4.65. The monoisotopic (exact) mass is 369 g/mol. The fraction of sp³-hybridized carbons (Fsp3) is 0.400. The summed E-state index contributed by atoms with van der Waals surface area (Å²) in [4.78, 5) is 0. The summed E-state index contributed by atoms with van der Waals surface area (Å²) < 4.78 is 0. The maximum atomic E-state index is 7.45. The molecule has 0 radical (unpaired) electrons. The van der Waals surface area contributed by atoms with Crippen LogP contribution in [0.1, 0.15) is 13.8 Å². The molecule has 0 unspecified atom stereocenters. The van der Waals surface area contributed by atoms with E-state index in [0.29, 0.717) is 0 Å². The van der Waals surface area contributed by atoms with Crippen LogP contribution in [0.2, 0.25) is 6.55 Å². The molecule has 0 amide bonds. The molecule has 1 rings (SSSR count). The quantitative estimate of drug-likeness (QED) is 0.352. The molecule has 0 fully saturated rings. The SMILES string of the molecule is C[Si]([SiH3])=CC(C)(C)[NH-].[Cl-].[Cl-].[Zr+4].c1cc[cH-]c1. The van der Waals surface area contributed by atoms with Gasteiger partial charge in [-0.15, -0.1) is 11.2 Å². The molecule has 0 bridgehead atoms. The zero-order valence-corrected chi connectivity index (χ0v) is 17.2. The van der Waals surface area contributed by atoms with Crippen LogP contribution in [-0.4, -0.2) is 28.9 Å². The zero-order chi connectivity index (χ0) is 10.3. The molecule has 1 aromatic rings. The Morgan fingerprint density at radius 3 is 1.69 bits per heavy atom. The molecular formula is C10H19Cl2NSi2Zr. The predicted octanol–water partition coefficient (Wildman–Crippen LogP) is -4.40. The average molecular weight is 372 g/mol. The van der Waals surface area contributed by atoms with Crippen LogP contribution < -0.4 is 24.8 Å². The largest absolute Gasteiger partial charge is 4.00 e. The van der Waals surface area contributed by atoms with Gasteiger partial charge in [-0.25, -0.2) is 12.1 Å². The van der Waals surface area contributed by atoms with Gasteiger partial charge in [-0.05, 0) is 7.93 Å². The summed E-state index contributed by atoms with van der Waals surface area (Å²) in [7, 11) is 1.11. The molecule has 0 aliphatic heterocycles. The van der Waals surface area contributed by atoms with Gasteiger partial charge in [0.1, 0.15) is 0 Å². The van der Waals surface area contributed by atoms with Gasteiger partial charge in [0.15, 0.2) is 0 Å². The maximum Gasteiger partial charge on any atom is 4.00 e. The first-order valence-corrected chi connectivity index (χ1v) is 10.1. The molecule has 6 heteroatoms. The van der Waals surface area contributed by atoms with Crippen LogP contribution in [0.25, 0.3) is 5.73 Å². The molecule has 0 atom stereocenters. The average Bonchev–Trinajstić information content (AvgIpc) is 2.33. The Hall–Kier alpha value is 1.08. The number of hydrogen-bond donors (Lipinski definition) is 0. The molecule has 0 heterocycles. The Balaban J connectivity index is -0.0000000798. The van der Waals surface area contributed by atoms with E-state index in [0.717, 1.165) is 0 Å². The zero-order valence-electron chi connectivity index (χ0n) is 10.2. The van der Waals surface area contributed by atoms with E-state index in [9.17, 15) is 0 Å². The van der Waals surface area contributed by atoms with E-state index in [-0.39, 0.29) is 64.5 Å². The third kappa shape index (κ3) is 24.3. The van der Waals surface area contributed by atoms with Crippen molar-refractivity contribution in [2.45, 2.75) is 25.9 Å². The van der Waals surface area contributed by atoms with E-state index in [2.05, 4.69) is 12.2 Å². The van der Waals surface area contributed by atoms with E-state index in [1.54, 1.807) is 0 Å². The molecule has 90 valence electrons. The second kappa shape index (κ2) is 14.1. The maximum absolute atomic E-state index is 7.45. The minimum atomic E-state index is -0.273. The third-order valence-electron chi connectivity index (χ3n) is 1.21. The summed E-state index contributed by atoms with van der Waals surface area (Å²) in [6.45, 7) is 6.14. The van der Waals surface area contributed by atoms with Gasteiger partial charge < -0.3 is 30.5 Å². The van der Waals surface area contributed by atoms with Gasteiger partial charge in [-0.2, -0.15) is 18.2 Å². The Morgan fingerprint density at radius 2 is 1.62 bits per heavy atom. The Labute approximate surface area is 135 Å². The Bertz CT molecular complexity index is 225. The van der Waals surface area contributed by atoms with Crippen molar-refractivity contribution >= 4 is 23.4 Å². The van der Waals surface area contributed by atoms with Gasteiger partial charge in [0.25, 0.3) is 0 Å². The molecule has 0 spiro atoms. The Morgan fingerprint density at radius 1 is 1.25 bits per heavy atom. The van der Waals surface area contributed by atoms with E-state index >= 15 is 0 Å². The first kappa shape index (κ1) is 25.8. The van der Waals surface area contributed by atoms with Crippen molar-refractivity contribution in [3.05, 3.63) is 36.1 Å². The van der Waals surface area contributed by atoms with Crippen molar-refractivity contribution in [3.8, 4) is 0 Å². The van der Waals surface area contributed by atoms with Crippen LogP contribution in [0, 0.1) is 0 Å². The van der Waals surface area contributed by atoms with Crippen molar-refractivity contribution in [1.82, 2.24) is 0 Å². The molecule has 0 aliphatic carbocycles. The summed E-state index contributed by atoms with van der Waals surface area (Å²) in [6, 6.07) is 10.0. The number of rotatable bonds is 1.